The van der Waals surface area contributed by atoms with Crippen LogP contribution in [0.5, 0.6) is 0 Å². The maximum atomic E-state index is 9.56. The van der Waals surface area contributed by atoms with Gasteiger partial charge in [-0.15, -0.1) is 0 Å². The predicted octanol–water partition coefficient (Wildman–Crippen LogP) is -0.820. The maximum Gasteiger partial charge on any atom is 0.235 e. The van der Waals surface area contributed by atoms with Gasteiger partial charge in [0.25, 0.3) is 0 Å². The smallest absolute Gasteiger partial charge is 0.235 e. The molecule has 0 bridgehead atoms. The van der Waals surface area contributed by atoms with E-state index in [4.69, 9.17) is 14.2 Å². The molecular formula is C9H16NO4+. The van der Waals surface area contributed by atoms with Gasteiger partial charge in [-0.25, -0.2) is 4.58 Å². The van der Waals surface area contributed by atoms with E-state index in [1.165, 1.54) is 7.11 Å². The van der Waals surface area contributed by atoms with Crippen LogP contribution in [-0.4, -0.2) is 61.4 Å². The third-order valence-electron chi connectivity index (χ3n) is 2.82. The Morgan fingerprint density at radius 2 is 2.21 bits per heavy atom. The predicted molar refractivity (Wildman–Crippen MR) is 48.3 cm³/mol. The largest absolute Gasteiger partial charge is 0.363 e. The van der Waals surface area contributed by atoms with Crippen LogP contribution in [0.3, 0.4) is 0 Å². The molecule has 2 aliphatic rings. The van der Waals surface area contributed by atoms with Crippen molar-refractivity contribution in [2.24, 2.45) is 0 Å². The Bertz CT molecular complexity index is 237. The van der Waals surface area contributed by atoms with Crippen LogP contribution < -0.4 is 0 Å². The number of aliphatic hydroxyl groups is 1. The lowest BCUT2D eigenvalue weighted by molar-refractivity contribution is -0.565. The topological polar surface area (TPSA) is 50.9 Å². The Kier molecular flexibility index (Phi) is 2.57. The summed E-state index contributed by atoms with van der Waals surface area (Å²) in [6.07, 6.45) is -0.231. The minimum Gasteiger partial charge on any atom is -0.363 e. The molecular weight excluding hydrogens is 186 g/mol. The van der Waals surface area contributed by atoms with Gasteiger partial charge in [-0.3, -0.25) is 0 Å². The fourth-order valence-corrected chi connectivity index (χ4v) is 2.08. The fraction of sp³-hybridized carbons (Fsp3) is 0.889. The first-order valence-corrected chi connectivity index (χ1v) is 4.73. The van der Waals surface area contributed by atoms with Crippen LogP contribution in [-0.2, 0) is 14.2 Å². The summed E-state index contributed by atoms with van der Waals surface area (Å²) in [6, 6.07) is -0.155. The fourth-order valence-electron chi connectivity index (χ4n) is 2.08. The van der Waals surface area contributed by atoms with Gasteiger partial charge in [-0.1, -0.05) is 0 Å². The van der Waals surface area contributed by atoms with Crippen molar-refractivity contribution in [1.29, 1.82) is 0 Å². The van der Waals surface area contributed by atoms with E-state index in [0.717, 1.165) is 0 Å². The second-order valence-corrected chi connectivity index (χ2v) is 3.75. The van der Waals surface area contributed by atoms with E-state index >= 15 is 0 Å². The van der Waals surface area contributed by atoms with Gasteiger partial charge in [-0.05, 0) is 0 Å². The van der Waals surface area contributed by atoms with Gasteiger partial charge in [-0.2, -0.15) is 0 Å². The third-order valence-corrected chi connectivity index (χ3v) is 2.82. The molecule has 2 atom stereocenters. The average molecular weight is 202 g/mol. The summed E-state index contributed by atoms with van der Waals surface area (Å²) in [4.78, 5) is 0. The molecule has 80 valence electrons. The van der Waals surface area contributed by atoms with Gasteiger partial charge < -0.3 is 19.3 Å². The van der Waals surface area contributed by atoms with Crippen LogP contribution in [0.15, 0.2) is 0 Å². The Labute approximate surface area is 82.9 Å². The van der Waals surface area contributed by atoms with E-state index in [0.29, 0.717) is 26.2 Å². The van der Waals surface area contributed by atoms with Crippen molar-refractivity contribution in [2.45, 2.75) is 24.5 Å². The lowest BCUT2D eigenvalue weighted by Crippen LogP contribution is -2.33. The van der Waals surface area contributed by atoms with E-state index in [-0.39, 0.29) is 6.04 Å². The molecule has 14 heavy (non-hydrogen) atoms. The number of nitrogens with zero attached hydrogens (tertiary/aromatic N) is 1. The summed E-state index contributed by atoms with van der Waals surface area (Å²) < 4.78 is 17.7. The molecule has 0 aromatic heterocycles. The molecule has 2 fully saturated rings. The van der Waals surface area contributed by atoms with Gasteiger partial charge in [0.2, 0.25) is 18.1 Å². The van der Waals surface area contributed by atoms with Crippen LogP contribution in [0.25, 0.3) is 0 Å². The molecule has 2 heterocycles. The zero-order valence-electron chi connectivity index (χ0n) is 8.31. The number of methoxy groups -OCH3 is 1. The quantitative estimate of drug-likeness (QED) is 0.469. The summed E-state index contributed by atoms with van der Waals surface area (Å²) in [7, 11) is 1.47. The van der Waals surface area contributed by atoms with Gasteiger partial charge in [0.05, 0.1) is 19.6 Å². The highest BCUT2D eigenvalue weighted by atomic mass is 16.7. The van der Waals surface area contributed by atoms with Crippen molar-refractivity contribution in [2.75, 3.05) is 26.9 Å². The van der Waals surface area contributed by atoms with Crippen LogP contribution >= 0.6 is 0 Å². The Balaban J connectivity index is 2.06. The van der Waals surface area contributed by atoms with Crippen molar-refractivity contribution in [3.05, 3.63) is 0 Å². The molecule has 0 saturated carbocycles. The van der Waals surface area contributed by atoms with Crippen molar-refractivity contribution >= 4 is 6.72 Å². The van der Waals surface area contributed by atoms with Crippen LogP contribution in [0.4, 0.5) is 0 Å². The zero-order chi connectivity index (χ0) is 10.2. The molecule has 5 nitrogen and oxygen atoms in total. The summed E-state index contributed by atoms with van der Waals surface area (Å²) >= 11 is 0. The molecule has 2 rings (SSSR count). The van der Waals surface area contributed by atoms with E-state index < -0.39 is 12.1 Å². The van der Waals surface area contributed by atoms with Crippen molar-refractivity contribution in [3.63, 3.8) is 0 Å². The molecule has 0 radical (unpaired) electrons. The van der Waals surface area contributed by atoms with Crippen LogP contribution in [0, 0.1) is 0 Å². The number of ether oxygens (including phenoxy) is 3. The number of rotatable bonds is 2. The molecule has 2 aliphatic heterocycles. The van der Waals surface area contributed by atoms with Crippen LogP contribution in [0.2, 0.25) is 0 Å². The molecule has 5 heteroatoms. The summed E-state index contributed by atoms with van der Waals surface area (Å²) in [5.41, 5.74) is 0. The highest BCUT2D eigenvalue weighted by molar-refractivity contribution is 5.16. The number of hydrogen-bond donors (Lipinski definition) is 1. The van der Waals surface area contributed by atoms with E-state index in [9.17, 15) is 5.11 Å². The van der Waals surface area contributed by atoms with Gasteiger partial charge >= 0.3 is 0 Å². The number of aliphatic hydroxyl groups excluding tert-OH is 1. The highest BCUT2D eigenvalue weighted by Gasteiger charge is 2.54. The normalized spacial score (nSPS) is 32.7. The number of hydrogen-bond acceptors (Lipinski definition) is 4. The van der Waals surface area contributed by atoms with Crippen molar-refractivity contribution in [3.8, 4) is 0 Å². The molecule has 1 N–H and O–H groups in total. The molecule has 0 amide bonds. The monoisotopic (exact) mass is 202 g/mol. The zero-order valence-corrected chi connectivity index (χ0v) is 8.31. The Hall–Kier alpha value is -0.490. The van der Waals surface area contributed by atoms with Gasteiger partial charge in [0, 0.05) is 7.11 Å². The van der Waals surface area contributed by atoms with Crippen LogP contribution in [0.1, 0.15) is 6.42 Å². The minimum absolute atomic E-state index is 0.155. The van der Waals surface area contributed by atoms with Crippen molar-refractivity contribution < 1.29 is 23.9 Å². The van der Waals surface area contributed by atoms with E-state index in [2.05, 4.69) is 6.72 Å². The summed E-state index contributed by atoms with van der Waals surface area (Å²) in [5.74, 6) is -0.564. The first-order valence-electron chi connectivity index (χ1n) is 4.73. The molecule has 1 unspecified atom stereocenters. The summed E-state index contributed by atoms with van der Waals surface area (Å²) in [5, 5.41) is 9.56. The third kappa shape index (κ3) is 1.56. The average Bonchev–Trinajstić information content (AvgIpc) is 2.74. The Morgan fingerprint density at radius 1 is 1.57 bits per heavy atom. The lowest BCUT2D eigenvalue weighted by Gasteiger charge is -2.16. The SMILES string of the molecule is C=[N+]1CC2(C[C@H]1C(O)OC)OCCO2. The maximum absolute atomic E-state index is 9.56. The standard InChI is InChI=1S/C9H16NO4/c1-10-6-9(13-3-4-14-9)5-7(10)8(11)12-2/h7-8,11H,1,3-6H2,2H3/q+1/t7-,8?/m0/s1. The molecule has 0 aliphatic carbocycles. The molecule has 2 saturated heterocycles. The highest BCUT2D eigenvalue weighted by Crippen LogP contribution is 2.33. The minimum atomic E-state index is -0.834. The van der Waals surface area contributed by atoms with Gasteiger partial charge in [0.1, 0.15) is 6.72 Å². The molecule has 0 aromatic carbocycles. The first-order chi connectivity index (χ1) is 6.67. The first kappa shape index (κ1) is 10.0. The lowest BCUT2D eigenvalue weighted by atomic mass is 10.1. The van der Waals surface area contributed by atoms with Gasteiger partial charge in [0.15, 0.2) is 6.54 Å². The molecule has 1 spiro atoms. The van der Waals surface area contributed by atoms with E-state index in [1.54, 1.807) is 4.58 Å². The Morgan fingerprint density at radius 3 is 2.79 bits per heavy atom. The van der Waals surface area contributed by atoms with Crippen molar-refractivity contribution in [1.82, 2.24) is 0 Å². The van der Waals surface area contributed by atoms with E-state index in [1.807, 2.05) is 0 Å². The molecule has 0 aromatic rings. The summed E-state index contributed by atoms with van der Waals surface area (Å²) in [6.45, 7) is 5.65. The second kappa shape index (κ2) is 3.58. The second-order valence-electron chi connectivity index (χ2n) is 3.75.